The SMILES string of the molecule is Cc1ccc(NC(=O)C(OC(=O)c2csc(-c3cccs3)n2)c2ccccc2)c([N+](=O)[O-])c1. The van der Waals surface area contributed by atoms with E-state index in [1.165, 1.54) is 34.8 Å². The monoisotopic (exact) mass is 479 g/mol. The lowest BCUT2D eigenvalue weighted by atomic mass is 10.1. The van der Waals surface area contributed by atoms with Crippen molar-refractivity contribution < 1.29 is 19.2 Å². The van der Waals surface area contributed by atoms with Crippen molar-refractivity contribution in [2.24, 2.45) is 0 Å². The summed E-state index contributed by atoms with van der Waals surface area (Å²) in [5.41, 5.74) is 0.948. The molecule has 0 saturated heterocycles. The molecule has 10 heteroatoms. The summed E-state index contributed by atoms with van der Waals surface area (Å²) in [7, 11) is 0. The van der Waals surface area contributed by atoms with E-state index in [1.54, 1.807) is 48.7 Å². The van der Waals surface area contributed by atoms with Crippen LogP contribution >= 0.6 is 22.7 Å². The van der Waals surface area contributed by atoms with Crippen LogP contribution in [0.3, 0.4) is 0 Å². The number of aromatic nitrogens is 1. The Bertz CT molecular complexity index is 1300. The van der Waals surface area contributed by atoms with Crippen molar-refractivity contribution in [2.45, 2.75) is 13.0 Å². The predicted octanol–water partition coefficient (Wildman–Crippen LogP) is 5.63. The summed E-state index contributed by atoms with van der Waals surface area (Å²) in [6.45, 7) is 1.71. The third kappa shape index (κ3) is 5.13. The van der Waals surface area contributed by atoms with Crippen LogP contribution in [0.1, 0.15) is 27.7 Å². The number of thiazole rings is 1. The van der Waals surface area contributed by atoms with E-state index in [4.69, 9.17) is 4.74 Å². The molecule has 0 spiro atoms. The fraction of sp³-hybridized carbons (Fsp3) is 0.0870. The van der Waals surface area contributed by atoms with Gasteiger partial charge in [-0.05, 0) is 30.0 Å². The van der Waals surface area contributed by atoms with Crippen molar-refractivity contribution in [2.75, 3.05) is 5.32 Å². The summed E-state index contributed by atoms with van der Waals surface area (Å²) in [5.74, 6) is -1.48. The highest BCUT2D eigenvalue weighted by atomic mass is 32.1. The largest absolute Gasteiger partial charge is 0.443 e. The summed E-state index contributed by atoms with van der Waals surface area (Å²) in [6.07, 6.45) is -1.33. The molecule has 166 valence electrons. The number of aryl methyl sites for hydroxylation is 1. The second kappa shape index (κ2) is 9.72. The smallest absolute Gasteiger partial charge is 0.358 e. The second-order valence-electron chi connectivity index (χ2n) is 6.98. The number of amides is 1. The van der Waals surface area contributed by atoms with E-state index in [1.807, 2.05) is 17.5 Å². The third-order valence-electron chi connectivity index (χ3n) is 4.62. The van der Waals surface area contributed by atoms with E-state index in [0.29, 0.717) is 16.1 Å². The quantitative estimate of drug-likeness (QED) is 0.209. The fourth-order valence-electron chi connectivity index (χ4n) is 3.05. The van der Waals surface area contributed by atoms with E-state index in [2.05, 4.69) is 10.3 Å². The average molecular weight is 480 g/mol. The molecule has 1 N–H and O–H groups in total. The number of hydrogen-bond acceptors (Lipinski definition) is 8. The van der Waals surface area contributed by atoms with E-state index < -0.39 is 22.9 Å². The van der Waals surface area contributed by atoms with Gasteiger partial charge in [0, 0.05) is 17.0 Å². The van der Waals surface area contributed by atoms with Crippen molar-refractivity contribution >= 4 is 45.9 Å². The number of esters is 1. The van der Waals surface area contributed by atoms with Gasteiger partial charge in [0.15, 0.2) is 5.69 Å². The molecule has 0 fully saturated rings. The maximum absolute atomic E-state index is 13.1. The van der Waals surface area contributed by atoms with Crippen LogP contribution < -0.4 is 5.32 Å². The molecular formula is C23H17N3O5S2. The van der Waals surface area contributed by atoms with Gasteiger partial charge in [-0.15, -0.1) is 22.7 Å². The van der Waals surface area contributed by atoms with Crippen LogP contribution in [0, 0.1) is 17.0 Å². The van der Waals surface area contributed by atoms with Gasteiger partial charge in [-0.1, -0.05) is 42.5 Å². The maximum atomic E-state index is 13.1. The van der Waals surface area contributed by atoms with Gasteiger partial charge in [-0.3, -0.25) is 14.9 Å². The van der Waals surface area contributed by atoms with Gasteiger partial charge in [0.05, 0.1) is 9.80 Å². The zero-order chi connectivity index (χ0) is 23.4. The summed E-state index contributed by atoms with van der Waals surface area (Å²) in [4.78, 5) is 42.0. The maximum Gasteiger partial charge on any atom is 0.358 e. The van der Waals surface area contributed by atoms with Gasteiger partial charge in [-0.25, -0.2) is 9.78 Å². The molecule has 1 atom stereocenters. The van der Waals surface area contributed by atoms with Gasteiger partial charge in [0.1, 0.15) is 10.7 Å². The van der Waals surface area contributed by atoms with Gasteiger partial charge >= 0.3 is 5.97 Å². The number of ether oxygens (including phenoxy) is 1. The molecule has 1 unspecified atom stereocenters. The zero-order valence-electron chi connectivity index (χ0n) is 17.3. The molecule has 8 nitrogen and oxygen atoms in total. The number of hydrogen-bond donors (Lipinski definition) is 1. The molecule has 0 saturated carbocycles. The lowest BCUT2D eigenvalue weighted by Crippen LogP contribution is -2.26. The highest BCUT2D eigenvalue weighted by molar-refractivity contribution is 7.20. The minimum absolute atomic E-state index is 0.0150. The molecule has 0 bridgehead atoms. The molecule has 1 amide bonds. The first-order valence-electron chi connectivity index (χ1n) is 9.73. The van der Waals surface area contributed by atoms with Gasteiger partial charge in [0.2, 0.25) is 6.10 Å². The predicted molar refractivity (Wildman–Crippen MR) is 126 cm³/mol. The standard InChI is InChI=1S/C23H17N3O5S2/c1-14-9-10-16(18(12-14)26(29)30)24-21(27)20(15-6-3-2-4-7-15)31-23(28)17-13-33-22(25-17)19-8-5-11-32-19/h2-13,20H,1H3,(H,24,27). The van der Waals surface area contributed by atoms with Gasteiger partial charge in [0.25, 0.3) is 11.6 Å². The van der Waals surface area contributed by atoms with Crippen LogP contribution in [0.25, 0.3) is 9.88 Å². The van der Waals surface area contributed by atoms with Crippen molar-refractivity contribution in [3.05, 3.63) is 98.4 Å². The number of rotatable bonds is 7. The molecule has 0 aliphatic carbocycles. The zero-order valence-corrected chi connectivity index (χ0v) is 18.9. The highest BCUT2D eigenvalue weighted by Gasteiger charge is 2.28. The van der Waals surface area contributed by atoms with Crippen LogP contribution in [0.4, 0.5) is 11.4 Å². The lowest BCUT2D eigenvalue weighted by Gasteiger charge is -2.17. The van der Waals surface area contributed by atoms with Crippen LogP contribution in [0.2, 0.25) is 0 Å². The normalized spacial score (nSPS) is 11.5. The Morgan fingerprint density at radius 1 is 1.09 bits per heavy atom. The number of carbonyl (C=O) groups is 2. The van der Waals surface area contributed by atoms with E-state index in [0.717, 1.165) is 4.88 Å². The first-order chi connectivity index (χ1) is 15.9. The van der Waals surface area contributed by atoms with Crippen molar-refractivity contribution in [3.63, 3.8) is 0 Å². The Balaban J connectivity index is 1.59. The number of anilines is 1. The fourth-order valence-corrected chi connectivity index (χ4v) is 4.65. The second-order valence-corrected chi connectivity index (χ2v) is 8.78. The number of benzene rings is 2. The molecule has 4 rings (SSSR count). The Morgan fingerprint density at radius 3 is 2.58 bits per heavy atom. The molecule has 0 aliphatic rings. The highest BCUT2D eigenvalue weighted by Crippen LogP contribution is 2.30. The van der Waals surface area contributed by atoms with Crippen molar-refractivity contribution in [3.8, 4) is 9.88 Å². The summed E-state index contributed by atoms with van der Waals surface area (Å²) < 4.78 is 5.54. The number of nitrogens with zero attached hydrogens (tertiary/aromatic N) is 2. The van der Waals surface area contributed by atoms with Gasteiger partial charge < -0.3 is 10.1 Å². The Hall–Kier alpha value is -3.89. The van der Waals surface area contributed by atoms with Crippen LogP contribution in [0.5, 0.6) is 0 Å². The first-order valence-corrected chi connectivity index (χ1v) is 11.5. The number of thiophene rings is 1. The summed E-state index contributed by atoms with van der Waals surface area (Å²) in [5, 5.41) is 18.1. The molecule has 0 radical (unpaired) electrons. The Morgan fingerprint density at radius 2 is 1.88 bits per heavy atom. The number of nitro benzene ring substituents is 1. The summed E-state index contributed by atoms with van der Waals surface area (Å²) >= 11 is 2.80. The minimum Gasteiger partial charge on any atom is -0.443 e. The summed E-state index contributed by atoms with van der Waals surface area (Å²) in [6, 6.07) is 16.7. The van der Waals surface area contributed by atoms with Crippen LogP contribution in [0.15, 0.2) is 71.4 Å². The molecular weight excluding hydrogens is 462 g/mol. The molecule has 2 heterocycles. The third-order valence-corrected chi connectivity index (χ3v) is 6.50. The van der Waals surface area contributed by atoms with Gasteiger partial charge in [-0.2, -0.15) is 0 Å². The van der Waals surface area contributed by atoms with Crippen LogP contribution in [-0.2, 0) is 9.53 Å². The molecule has 2 aromatic carbocycles. The van der Waals surface area contributed by atoms with E-state index in [-0.39, 0.29) is 17.1 Å². The Kier molecular flexibility index (Phi) is 6.57. The van der Waals surface area contributed by atoms with Crippen LogP contribution in [-0.4, -0.2) is 21.8 Å². The average Bonchev–Trinajstić information content (AvgIpc) is 3.51. The number of carbonyl (C=O) groups excluding carboxylic acids is 2. The first kappa shape index (κ1) is 22.3. The van der Waals surface area contributed by atoms with E-state index >= 15 is 0 Å². The number of nitrogens with one attached hydrogen (secondary N) is 1. The van der Waals surface area contributed by atoms with Crippen molar-refractivity contribution in [1.29, 1.82) is 0 Å². The number of nitro groups is 1. The van der Waals surface area contributed by atoms with Crippen molar-refractivity contribution in [1.82, 2.24) is 4.98 Å². The molecule has 33 heavy (non-hydrogen) atoms. The molecule has 0 aliphatic heterocycles. The Labute approximate surface area is 196 Å². The topological polar surface area (TPSA) is 111 Å². The van der Waals surface area contributed by atoms with E-state index in [9.17, 15) is 19.7 Å². The molecule has 4 aromatic rings. The molecule has 2 aromatic heterocycles. The lowest BCUT2D eigenvalue weighted by molar-refractivity contribution is -0.384. The minimum atomic E-state index is -1.33.